The van der Waals surface area contributed by atoms with E-state index in [1.807, 2.05) is 54.6 Å². The van der Waals surface area contributed by atoms with Crippen molar-refractivity contribution in [2.75, 3.05) is 0 Å². The molecule has 0 saturated heterocycles. The summed E-state index contributed by atoms with van der Waals surface area (Å²) in [5.41, 5.74) is 6.81. The van der Waals surface area contributed by atoms with Gasteiger partial charge < -0.3 is 9.84 Å². The summed E-state index contributed by atoms with van der Waals surface area (Å²) in [6, 6.07) is 31.6. The number of aromatic carboxylic acids is 1. The molecule has 4 aromatic carbocycles. The number of carboxylic acid groups (broad SMARTS) is 1. The van der Waals surface area contributed by atoms with Gasteiger partial charge in [-0.2, -0.15) is 0 Å². The molecule has 0 bridgehead atoms. The number of hydrogen-bond acceptors (Lipinski definition) is 5. The first-order valence-electron chi connectivity index (χ1n) is 15.1. The van der Waals surface area contributed by atoms with Gasteiger partial charge in [0.05, 0.1) is 5.56 Å². The van der Waals surface area contributed by atoms with Crippen molar-refractivity contribution >= 4 is 12.0 Å². The monoisotopic (exact) mass is 602 g/mol. The molecule has 0 saturated carbocycles. The molecule has 45 heavy (non-hydrogen) atoms. The Morgan fingerprint density at radius 1 is 0.911 bits per heavy atom. The molecule has 0 aliphatic rings. The standard InChI is InChI=1S/C38H38N2O5/c1-38(2,3)33-22-15-29(16-23-33)25-44-34-7-5-4-6-30(34)17-12-27(9-8-26-10-20-32(21-11-26)36(41)42)24-28-13-18-31(19-14-28)35-39-37(43)45-40-35/h4-7,10-23,27H,8-9,24-25H2,1-3H3,(H,41,42)(H,39,40,43)/b17-12+. The van der Waals surface area contributed by atoms with Gasteiger partial charge in [0.15, 0.2) is 5.82 Å². The van der Waals surface area contributed by atoms with Crippen LogP contribution in [0.25, 0.3) is 17.5 Å². The largest absolute Gasteiger partial charge is 0.488 e. The van der Waals surface area contributed by atoms with Crippen molar-refractivity contribution in [2.24, 2.45) is 5.92 Å². The molecular formula is C38H38N2O5. The minimum Gasteiger partial charge on any atom is -0.488 e. The van der Waals surface area contributed by atoms with Crippen LogP contribution in [0.4, 0.5) is 0 Å². The van der Waals surface area contributed by atoms with Crippen LogP contribution in [-0.4, -0.2) is 21.2 Å². The maximum absolute atomic E-state index is 11.4. The number of carboxylic acids is 1. The molecule has 5 rings (SSSR count). The van der Waals surface area contributed by atoms with E-state index < -0.39 is 11.7 Å². The minimum atomic E-state index is -0.927. The van der Waals surface area contributed by atoms with Gasteiger partial charge in [0.2, 0.25) is 0 Å². The van der Waals surface area contributed by atoms with Crippen LogP contribution in [0.3, 0.4) is 0 Å². The van der Waals surface area contributed by atoms with Gasteiger partial charge in [-0.25, -0.2) is 9.59 Å². The Kier molecular flexibility index (Phi) is 9.78. The number of aryl methyl sites for hydroxylation is 1. The van der Waals surface area contributed by atoms with Gasteiger partial charge in [0.25, 0.3) is 0 Å². The zero-order valence-electron chi connectivity index (χ0n) is 25.8. The molecule has 1 aromatic heterocycles. The van der Waals surface area contributed by atoms with Crippen LogP contribution in [0, 0.1) is 5.92 Å². The highest BCUT2D eigenvalue weighted by atomic mass is 16.5. The number of nitrogens with zero attached hydrogens (tertiary/aromatic N) is 1. The lowest BCUT2D eigenvalue weighted by atomic mass is 9.87. The Morgan fingerprint density at radius 2 is 1.58 bits per heavy atom. The lowest BCUT2D eigenvalue weighted by Crippen LogP contribution is -2.10. The number of nitrogens with one attached hydrogen (secondary N) is 1. The Bertz CT molecular complexity index is 1790. The van der Waals surface area contributed by atoms with Crippen molar-refractivity contribution in [1.29, 1.82) is 0 Å². The number of ether oxygens (including phenoxy) is 1. The van der Waals surface area contributed by atoms with Crippen LogP contribution in [-0.2, 0) is 24.9 Å². The lowest BCUT2D eigenvalue weighted by molar-refractivity contribution is 0.0697. The molecule has 0 aliphatic carbocycles. The van der Waals surface area contributed by atoms with E-state index in [0.717, 1.165) is 52.8 Å². The molecule has 0 spiro atoms. The van der Waals surface area contributed by atoms with Crippen molar-refractivity contribution in [1.82, 2.24) is 10.1 Å². The number of aromatic amines is 1. The molecule has 1 atom stereocenters. The summed E-state index contributed by atoms with van der Waals surface area (Å²) in [6.45, 7) is 7.11. The molecule has 0 fully saturated rings. The SMILES string of the molecule is CC(C)(C)c1ccc(COc2ccccc2/C=C/C(CCc2ccc(C(=O)O)cc2)Cc2ccc(-c3noc(=O)[nH]3)cc2)cc1. The van der Waals surface area contributed by atoms with E-state index in [2.05, 4.69) is 77.9 Å². The summed E-state index contributed by atoms with van der Waals surface area (Å²) in [4.78, 5) is 25.2. The van der Waals surface area contributed by atoms with E-state index in [1.54, 1.807) is 12.1 Å². The summed E-state index contributed by atoms with van der Waals surface area (Å²) in [7, 11) is 0. The number of H-pyrrole nitrogens is 1. The summed E-state index contributed by atoms with van der Waals surface area (Å²) in [5, 5.41) is 13.0. The van der Waals surface area contributed by atoms with Gasteiger partial charge >= 0.3 is 11.7 Å². The number of para-hydroxylation sites is 1. The van der Waals surface area contributed by atoms with Crippen LogP contribution >= 0.6 is 0 Å². The summed E-state index contributed by atoms with van der Waals surface area (Å²) >= 11 is 0. The molecule has 1 heterocycles. The quantitative estimate of drug-likeness (QED) is 0.149. The lowest BCUT2D eigenvalue weighted by Gasteiger charge is -2.19. The highest BCUT2D eigenvalue weighted by Crippen LogP contribution is 2.26. The summed E-state index contributed by atoms with van der Waals surface area (Å²) in [6.07, 6.45) is 6.82. The van der Waals surface area contributed by atoms with Gasteiger partial charge in [0.1, 0.15) is 12.4 Å². The predicted octanol–water partition coefficient (Wildman–Crippen LogP) is 8.11. The van der Waals surface area contributed by atoms with Crippen molar-refractivity contribution in [2.45, 2.75) is 52.1 Å². The van der Waals surface area contributed by atoms with Crippen molar-refractivity contribution in [3.05, 3.63) is 147 Å². The van der Waals surface area contributed by atoms with Gasteiger partial charge in [-0.3, -0.25) is 9.51 Å². The Balaban J connectivity index is 1.31. The molecule has 230 valence electrons. The third-order valence-electron chi connectivity index (χ3n) is 7.85. The second-order valence-corrected chi connectivity index (χ2v) is 12.3. The Hall–Kier alpha value is -5.17. The first-order valence-corrected chi connectivity index (χ1v) is 15.1. The minimum absolute atomic E-state index is 0.106. The number of benzene rings is 4. The van der Waals surface area contributed by atoms with Gasteiger partial charge in [-0.1, -0.05) is 117 Å². The van der Waals surface area contributed by atoms with Gasteiger partial charge in [-0.05, 0) is 71.0 Å². The van der Waals surface area contributed by atoms with Crippen molar-refractivity contribution in [3.8, 4) is 17.1 Å². The van der Waals surface area contributed by atoms with Crippen LogP contribution in [0.5, 0.6) is 5.75 Å². The number of aromatic nitrogens is 2. The zero-order chi connectivity index (χ0) is 31.8. The summed E-state index contributed by atoms with van der Waals surface area (Å²) < 4.78 is 10.9. The van der Waals surface area contributed by atoms with E-state index >= 15 is 0 Å². The predicted molar refractivity (Wildman–Crippen MR) is 176 cm³/mol. The molecular weight excluding hydrogens is 564 g/mol. The molecule has 0 aliphatic heterocycles. The zero-order valence-corrected chi connectivity index (χ0v) is 25.8. The van der Waals surface area contributed by atoms with Crippen LogP contribution in [0.2, 0.25) is 0 Å². The van der Waals surface area contributed by atoms with E-state index in [1.165, 1.54) is 5.56 Å². The third-order valence-corrected chi connectivity index (χ3v) is 7.85. The summed E-state index contributed by atoms with van der Waals surface area (Å²) in [5.74, 6) is -0.0984. The highest BCUT2D eigenvalue weighted by Gasteiger charge is 2.14. The van der Waals surface area contributed by atoms with E-state index in [-0.39, 0.29) is 16.9 Å². The molecule has 7 nitrogen and oxygen atoms in total. The Morgan fingerprint density at radius 3 is 2.22 bits per heavy atom. The maximum atomic E-state index is 11.4. The smallest absolute Gasteiger partial charge is 0.439 e. The first-order chi connectivity index (χ1) is 21.6. The first kappa shape index (κ1) is 31.3. The molecule has 0 amide bonds. The van der Waals surface area contributed by atoms with Gasteiger partial charge in [0, 0.05) is 11.1 Å². The molecule has 2 N–H and O–H groups in total. The molecule has 0 radical (unpaired) electrons. The van der Waals surface area contributed by atoms with Crippen LogP contribution < -0.4 is 10.5 Å². The fourth-order valence-electron chi connectivity index (χ4n) is 5.14. The van der Waals surface area contributed by atoms with Gasteiger partial charge in [-0.15, -0.1) is 0 Å². The number of carbonyl (C=O) groups is 1. The highest BCUT2D eigenvalue weighted by molar-refractivity contribution is 5.87. The second-order valence-electron chi connectivity index (χ2n) is 12.3. The normalized spacial score (nSPS) is 12.3. The van der Waals surface area contributed by atoms with E-state index in [9.17, 15) is 14.7 Å². The van der Waals surface area contributed by atoms with Crippen LogP contribution in [0.1, 0.15) is 65.4 Å². The second kappa shape index (κ2) is 14.1. The fraction of sp³-hybridized carbons (Fsp3) is 0.237. The van der Waals surface area contributed by atoms with Crippen molar-refractivity contribution in [3.63, 3.8) is 0 Å². The fourth-order valence-corrected chi connectivity index (χ4v) is 5.14. The van der Waals surface area contributed by atoms with E-state index in [0.29, 0.717) is 12.4 Å². The Labute approximate surface area is 263 Å². The maximum Gasteiger partial charge on any atom is 0.439 e. The molecule has 7 heteroatoms. The average Bonchev–Trinajstić information content (AvgIpc) is 3.48. The topological polar surface area (TPSA) is 105 Å². The van der Waals surface area contributed by atoms with Crippen LogP contribution in [0.15, 0.2) is 112 Å². The van der Waals surface area contributed by atoms with E-state index in [4.69, 9.17) is 4.74 Å². The average molecular weight is 603 g/mol. The number of allylic oxidation sites excluding steroid dienone is 1. The number of rotatable bonds is 12. The number of hydrogen-bond donors (Lipinski definition) is 2. The molecule has 5 aromatic rings. The third kappa shape index (κ3) is 8.70. The molecule has 1 unspecified atom stereocenters. The van der Waals surface area contributed by atoms with Crippen molar-refractivity contribution < 1.29 is 19.2 Å².